The Morgan fingerprint density at radius 1 is 0.968 bits per heavy atom. The van der Waals surface area contributed by atoms with Crippen LogP contribution in [0.5, 0.6) is 0 Å². The molecule has 31 heavy (non-hydrogen) atoms. The van der Waals surface area contributed by atoms with Crippen LogP contribution in [-0.4, -0.2) is 42.1 Å². The van der Waals surface area contributed by atoms with Gasteiger partial charge in [0.05, 0.1) is 5.69 Å². The number of hydrogen-bond donors (Lipinski definition) is 2. The summed E-state index contributed by atoms with van der Waals surface area (Å²) in [5.41, 5.74) is 2.99. The van der Waals surface area contributed by atoms with Gasteiger partial charge in [0.25, 0.3) is 5.91 Å². The summed E-state index contributed by atoms with van der Waals surface area (Å²) in [5, 5.41) is 7.60. The van der Waals surface area contributed by atoms with E-state index >= 15 is 0 Å². The maximum Gasteiger partial charge on any atom is 0.251 e. The number of aromatic nitrogens is 2. The second-order valence-corrected chi connectivity index (χ2v) is 9.59. The first-order chi connectivity index (χ1) is 14.9. The molecule has 2 aliphatic carbocycles. The van der Waals surface area contributed by atoms with E-state index in [1.54, 1.807) is 18.2 Å². The highest BCUT2D eigenvalue weighted by atomic mass is 35.5. The SMILES string of the molecule is CN(C)c1nc(NC2CCC(NC(=O)c3cc(Cl)cc(Cl)c3)CC2)nc2c1CCCC2. The fourth-order valence-electron chi connectivity index (χ4n) is 4.53. The average molecular weight is 462 g/mol. The number of carbonyl (C=O) groups excluding carboxylic acids is 1. The van der Waals surface area contributed by atoms with Gasteiger partial charge in [0, 0.05) is 47.4 Å². The van der Waals surface area contributed by atoms with Gasteiger partial charge in [-0.1, -0.05) is 23.2 Å². The molecule has 2 aliphatic rings. The highest BCUT2D eigenvalue weighted by Gasteiger charge is 2.25. The minimum absolute atomic E-state index is 0.130. The number of carbonyl (C=O) groups is 1. The lowest BCUT2D eigenvalue weighted by molar-refractivity contribution is 0.0926. The van der Waals surface area contributed by atoms with Crippen molar-refractivity contribution < 1.29 is 4.79 Å². The van der Waals surface area contributed by atoms with Gasteiger partial charge in [0.1, 0.15) is 5.82 Å². The van der Waals surface area contributed by atoms with Crippen LogP contribution in [-0.2, 0) is 12.8 Å². The van der Waals surface area contributed by atoms with Crippen LogP contribution in [0.25, 0.3) is 0 Å². The third-order valence-corrected chi connectivity index (χ3v) is 6.54. The monoisotopic (exact) mass is 461 g/mol. The van der Waals surface area contributed by atoms with E-state index in [-0.39, 0.29) is 11.9 Å². The normalized spacial score (nSPS) is 20.6. The van der Waals surface area contributed by atoms with Gasteiger partial charge < -0.3 is 15.5 Å². The topological polar surface area (TPSA) is 70.2 Å². The van der Waals surface area contributed by atoms with Crippen molar-refractivity contribution in [2.75, 3.05) is 24.3 Å². The van der Waals surface area contributed by atoms with E-state index in [1.165, 1.54) is 24.1 Å². The zero-order valence-corrected chi connectivity index (χ0v) is 19.6. The van der Waals surface area contributed by atoms with E-state index in [1.807, 2.05) is 14.1 Å². The molecule has 4 rings (SSSR count). The molecule has 1 saturated carbocycles. The third-order valence-electron chi connectivity index (χ3n) is 6.11. The van der Waals surface area contributed by atoms with Gasteiger partial charge in [-0.25, -0.2) is 4.98 Å². The van der Waals surface area contributed by atoms with E-state index in [0.29, 0.717) is 21.7 Å². The summed E-state index contributed by atoms with van der Waals surface area (Å²) < 4.78 is 0. The molecule has 166 valence electrons. The molecule has 1 heterocycles. The fraction of sp³-hybridized carbons (Fsp3) is 0.522. The summed E-state index contributed by atoms with van der Waals surface area (Å²) in [7, 11) is 4.09. The summed E-state index contributed by atoms with van der Waals surface area (Å²) in [6, 6.07) is 5.37. The Balaban J connectivity index is 1.35. The molecule has 0 bridgehead atoms. The number of benzene rings is 1. The molecule has 0 spiro atoms. The van der Waals surface area contributed by atoms with Crippen LogP contribution < -0.4 is 15.5 Å². The minimum atomic E-state index is -0.130. The predicted octanol–water partition coefficient (Wildman–Crippen LogP) is 4.88. The van der Waals surface area contributed by atoms with E-state index < -0.39 is 0 Å². The summed E-state index contributed by atoms with van der Waals surface area (Å²) in [6.45, 7) is 0. The van der Waals surface area contributed by atoms with Gasteiger partial charge in [-0.2, -0.15) is 4.98 Å². The average Bonchev–Trinajstić information content (AvgIpc) is 2.73. The number of aryl methyl sites for hydroxylation is 1. The molecule has 0 saturated heterocycles. The van der Waals surface area contributed by atoms with Crippen molar-refractivity contribution in [3.05, 3.63) is 45.1 Å². The highest BCUT2D eigenvalue weighted by molar-refractivity contribution is 6.35. The molecule has 1 aromatic carbocycles. The molecule has 1 fully saturated rings. The number of nitrogens with one attached hydrogen (secondary N) is 2. The predicted molar refractivity (Wildman–Crippen MR) is 127 cm³/mol. The van der Waals surface area contributed by atoms with Crippen LogP contribution >= 0.6 is 23.2 Å². The van der Waals surface area contributed by atoms with Gasteiger partial charge in [-0.05, 0) is 69.6 Å². The number of fused-ring (bicyclic) bond motifs is 1. The third kappa shape index (κ3) is 5.42. The molecule has 0 atom stereocenters. The molecule has 8 heteroatoms. The molecule has 0 radical (unpaired) electrons. The quantitative estimate of drug-likeness (QED) is 0.663. The van der Waals surface area contributed by atoms with Crippen molar-refractivity contribution in [1.29, 1.82) is 0 Å². The zero-order chi connectivity index (χ0) is 22.0. The maximum absolute atomic E-state index is 12.6. The van der Waals surface area contributed by atoms with E-state index in [9.17, 15) is 4.79 Å². The van der Waals surface area contributed by atoms with Crippen molar-refractivity contribution in [2.24, 2.45) is 0 Å². The smallest absolute Gasteiger partial charge is 0.251 e. The summed E-state index contributed by atoms with van der Waals surface area (Å²) in [6.07, 6.45) is 8.22. The number of rotatable bonds is 5. The van der Waals surface area contributed by atoms with Gasteiger partial charge in [-0.15, -0.1) is 0 Å². The van der Waals surface area contributed by atoms with Crippen LogP contribution in [0.15, 0.2) is 18.2 Å². The van der Waals surface area contributed by atoms with Crippen molar-refractivity contribution in [1.82, 2.24) is 15.3 Å². The van der Waals surface area contributed by atoms with E-state index in [2.05, 4.69) is 15.5 Å². The van der Waals surface area contributed by atoms with Crippen molar-refractivity contribution in [3.63, 3.8) is 0 Å². The van der Waals surface area contributed by atoms with Crippen molar-refractivity contribution in [3.8, 4) is 0 Å². The molecule has 1 aromatic heterocycles. The van der Waals surface area contributed by atoms with E-state index in [0.717, 1.165) is 50.3 Å². The van der Waals surface area contributed by atoms with Gasteiger partial charge in [0.15, 0.2) is 0 Å². The lowest BCUT2D eigenvalue weighted by Crippen LogP contribution is -2.40. The minimum Gasteiger partial charge on any atom is -0.362 e. The summed E-state index contributed by atoms with van der Waals surface area (Å²) in [5.74, 6) is 1.63. The summed E-state index contributed by atoms with van der Waals surface area (Å²) >= 11 is 12.0. The van der Waals surface area contributed by atoms with Crippen LogP contribution in [0.3, 0.4) is 0 Å². The Morgan fingerprint density at radius 3 is 2.29 bits per heavy atom. The molecule has 0 unspecified atom stereocenters. The van der Waals surface area contributed by atoms with Gasteiger partial charge >= 0.3 is 0 Å². The van der Waals surface area contributed by atoms with Crippen LogP contribution in [0.4, 0.5) is 11.8 Å². The largest absolute Gasteiger partial charge is 0.362 e. The number of halogens is 2. The fourth-order valence-corrected chi connectivity index (χ4v) is 5.05. The van der Waals surface area contributed by atoms with Crippen LogP contribution in [0.1, 0.15) is 60.1 Å². The summed E-state index contributed by atoms with van der Waals surface area (Å²) in [4.78, 5) is 24.3. The zero-order valence-electron chi connectivity index (χ0n) is 18.0. The number of hydrogen-bond acceptors (Lipinski definition) is 5. The molecule has 1 amide bonds. The molecular formula is C23H29Cl2N5O. The van der Waals surface area contributed by atoms with Gasteiger partial charge in [-0.3, -0.25) is 4.79 Å². The van der Waals surface area contributed by atoms with E-state index in [4.69, 9.17) is 33.2 Å². The highest BCUT2D eigenvalue weighted by Crippen LogP contribution is 2.29. The first-order valence-corrected chi connectivity index (χ1v) is 11.7. The number of anilines is 2. The molecule has 2 aromatic rings. The Bertz CT molecular complexity index is 937. The Morgan fingerprint density at radius 2 is 1.61 bits per heavy atom. The second-order valence-electron chi connectivity index (χ2n) is 8.72. The first kappa shape index (κ1) is 22.2. The van der Waals surface area contributed by atoms with Crippen LogP contribution in [0.2, 0.25) is 10.0 Å². The second kappa shape index (κ2) is 9.61. The molecule has 2 N–H and O–H groups in total. The maximum atomic E-state index is 12.6. The standard InChI is InChI=1S/C23H29Cl2N5O/c1-30(2)21-19-5-3-4-6-20(19)28-23(29-21)27-18-9-7-17(8-10-18)26-22(31)14-11-15(24)13-16(25)12-14/h11-13,17-18H,3-10H2,1-2H3,(H,26,31)(H,27,28,29). The molecule has 0 aliphatic heterocycles. The van der Waals surface area contributed by atoms with Crippen molar-refractivity contribution >= 4 is 40.9 Å². The Kier molecular flexibility index (Phi) is 6.87. The van der Waals surface area contributed by atoms with Gasteiger partial charge in [0.2, 0.25) is 5.95 Å². The number of nitrogens with zero attached hydrogens (tertiary/aromatic N) is 3. The Hall–Kier alpha value is -2.05. The molecular weight excluding hydrogens is 433 g/mol. The van der Waals surface area contributed by atoms with Crippen LogP contribution in [0, 0.1) is 0 Å². The molecule has 6 nitrogen and oxygen atoms in total. The first-order valence-electron chi connectivity index (χ1n) is 11.0. The number of amides is 1. The Labute approximate surface area is 193 Å². The van der Waals surface area contributed by atoms with Crippen molar-refractivity contribution in [2.45, 2.75) is 63.5 Å². The lowest BCUT2D eigenvalue weighted by atomic mass is 9.91. The lowest BCUT2D eigenvalue weighted by Gasteiger charge is -2.30.